The van der Waals surface area contributed by atoms with Crippen LogP contribution in [0.25, 0.3) is 77.3 Å². The summed E-state index contributed by atoms with van der Waals surface area (Å²) in [7, 11) is 0. The van der Waals surface area contributed by atoms with Crippen molar-refractivity contribution in [2.75, 3.05) is 4.90 Å². The highest BCUT2D eigenvalue weighted by Gasteiger charge is 2.36. The summed E-state index contributed by atoms with van der Waals surface area (Å²) in [5.74, 6) is 0.627. The predicted molar refractivity (Wildman–Crippen MR) is 214 cm³/mol. The first-order valence-corrected chi connectivity index (χ1v) is 17.9. The number of pyridine rings is 1. The number of anilines is 3. The minimum atomic E-state index is -0.128. The van der Waals surface area contributed by atoms with E-state index >= 15 is 0 Å². The molecule has 0 spiro atoms. The molecule has 4 heteroatoms. The number of nitrogens with zero attached hydrogens (tertiary/aromatic N) is 4. The zero-order chi connectivity index (χ0) is 34.6. The fraction of sp³-hybridized carbons (Fsp3) is 0.0625. The van der Waals surface area contributed by atoms with E-state index in [0.717, 1.165) is 66.8 Å². The summed E-state index contributed by atoms with van der Waals surface area (Å²) in [6.07, 6.45) is 0. The Bertz CT molecular complexity index is 2950. The fourth-order valence-corrected chi connectivity index (χ4v) is 8.72. The SMILES string of the molecule is CC1(C)c2ccccc2-c2ccc(-c3cc(-c4cccc5ccccc45)nc(N4c5ccccc5-c5nc6ccccc6c6cccc4c56)n3)cc21. The molecule has 11 rings (SSSR count). The molecule has 3 heterocycles. The summed E-state index contributed by atoms with van der Waals surface area (Å²) in [6.45, 7) is 4.66. The molecule has 0 N–H and O–H groups in total. The molecule has 0 amide bonds. The Labute approximate surface area is 301 Å². The lowest BCUT2D eigenvalue weighted by molar-refractivity contribution is 0.660. The third-order valence-corrected chi connectivity index (χ3v) is 11.2. The molecule has 0 atom stereocenters. The minimum absolute atomic E-state index is 0.128. The molecular formula is C48H32N4. The Hall–Kier alpha value is -6.65. The van der Waals surface area contributed by atoms with Crippen LogP contribution in [0.2, 0.25) is 0 Å². The van der Waals surface area contributed by atoms with Gasteiger partial charge in [-0.15, -0.1) is 0 Å². The van der Waals surface area contributed by atoms with Crippen LogP contribution >= 0.6 is 0 Å². The molecule has 52 heavy (non-hydrogen) atoms. The van der Waals surface area contributed by atoms with E-state index < -0.39 is 0 Å². The summed E-state index contributed by atoms with van der Waals surface area (Å²) in [5.41, 5.74) is 14.1. The van der Waals surface area contributed by atoms with Gasteiger partial charge < -0.3 is 0 Å². The Morgan fingerprint density at radius 2 is 1.12 bits per heavy atom. The lowest BCUT2D eigenvalue weighted by Gasteiger charge is -2.32. The number of benzene rings is 7. The van der Waals surface area contributed by atoms with Crippen molar-refractivity contribution in [2.45, 2.75) is 19.3 Å². The van der Waals surface area contributed by atoms with E-state index in [2.05, 4.69) is 176 Å². The van der Waals surface area contributed by atoms with Crippen molar-refractivity contribution in [1.29, 1.82) is 0 Å². The second-order valence-corrected chi connectivity index (χ2v) is 14.4. The van der Waals surface area contributed by atoms with E-state index in [0.29, 0.717) is 5.95 Å². The van der Waals surface area contributed by atoms with Gasteiger partial charge in [0.1, 0.15) is 0 Å². The van der Waals surface area contributed by atoms with Gasteiger partial charge in [0, 0.05) is 32.9 Å². The third-order valence-electron chi connectivity index (χ3n) is 11.2. The smallest absolute Gasteiger partial charge is 0.235 e. The van der Waals surface area contributed by atoms with Gasteiger partial charge in [-0.2, -0.15) is 0 Å². The van der Waals surface area contributed by atoms with Gasteiger partial charge in [0.05, 0.1) is 34.0 Å². The van der Waals surface area contributed by atoms with Crippen molar-refractivity contribution in [3.05, 3.63) is 169 Å². The monoisotopic (exact) mass is 664 g/mol. The first-order chi connectivity index (χ1) is 25.5. The molecule has 2 aliphatic rings. The fourth-order valence-electron chi connectivity index (χ4n) is 8.72. The van der Waals surface area contributed by atoms with Crippen LogP contribution in [0.3, 0.4) is 0 Å². The number of fused-ring (bicyclic) bond motifs is 8. The summed E-state index contributed by atoms with van der Waals surface area (Å²) >= 11 is 0. The molecule has 0 bridgehead atoms. The lowest BCUT2D eigenvalue weighted by atomic mass is 9.82. The van der Waals surface area contributed by atoms with Crippen molar-refractivity contribution in [1.82, 2.24) is 15.0 Å². The van der Waals surface area contributed by atoms with Gasteiger partial charge in [-0.1, -0.05) is 141 Å². The van der Waals surface area contributed by atoms with Crippen LogP contribution in [-0.4, -0.2) is 15.0 Å². The predicted octanol–water partition coefficient (Wildman–Crippen LogP) is 12.4. The van der Waals surface area contributed by atoms with Crippen molar-refractivity contribution in [3.63, 3.8) is 0 Å². The van der Waals surface area contributed by atoms with Crippen LogP contribution < -0.4 is 4.90 Å². The largest absolute Gasteiger partial charge is 0.278 e. The quantitative estimate of drug-likeness (QED) is 0.176. The average Bonchev–Trinajstić information content (AvgIpc) is 3.43. The van der Waals surface area contributed by atoms with Gasteiger partial charge in [0.15, 0.2) is 0 Å². The number of rotatable bonds is 3. The van der Waals surface area contributed by atoms with E-state index in [9.17, 15) is 0 Å². The molecular weight excluding hydrogens is 633 g/mol. The molecule has 1 aliphatic carbocycles. The molecule has 0 saturated carbocycles. The highest BCUT2D eigenvalue weighted by molar-refractivity contribution is 6.19. The molecule has 0 radical (unpaired) electrons. The van der Waals surface area contributed by atoms with Gasteiger partial charge in [0.25, 0.3) is 0 Å². The zero-order valence-electron chi connectivity index (χ0n) is 28.8. The van der Waals surface area contributed by atoms with Crippen molar-refractivity contribution >= 4 is 49.8 Å². The molecule has 244 valence electrons. The second kappa shape index (κ2) is 10.7. The first kappa shape index (κ1) is 29.1. The van der Waals surface area contributed by atoms with E-state index in [-0.39, 0.29) is 5.41 Å². The Morgan fingerprint density at radius 3 is 2.04 bits per heavy atom. The first-order valence-electron chi connectivity index (χ1n) is 17.9. The molecule has 7 aromatic carbocycles. The van der Waals surface area contributed by atoms with E-state index in [4.69, 9.17) is 15.0 Å². The normalized spacial score (nSPS) is 13.7. The van der Waals surface area contributed by atoms with Gasteiger partial charge in [-0.05, 0) is 68.7 Å². The maximum atomic E-state index is 5.47. The van der Waals surface area contributed by atoms with Crippen molar-refractivity contribution < 1.29 is 0 Å². The van der Waals surface area contributed by atoms with Crippen LogP contribution in [-0.2, 0) is 5.41 Å². The number of hydrogen-bond acceptors (Lipinski definition) is 4. The lowest BCUT2D eigenvalue weighted by Crippen LogP contribution is -2.18. The summed E-state index contributed by atoms with van der Waals surface area (Å²) in [5, 5.41) is 5.75. The molecule has 1 aliphatic heterocycles. The van der Waals surface area contributed by atoms with Crippen LogP contribution in [0.4, 0.5) is 17.3 Å². The molecule has 4 nitrogen and oxygen atoms in total. The van der Waals surface area contributed by atoms with Crippen molar-refractivity contribution in [2.24, 2.45) is 0 Å². The molecule has 0 saturated heterocycles. The minimum Gasteiger partial charge on any atom is -0.278 e. The number of aromatic nitrogens is 3. The summed E-state index contributed by atoms with van der Waals surface area (Å²) in [6, 6.07) is 56.3. The highest BCUT2D eigenvalue weighted by Crippen LogP contribution is 2.52. The number of para-hydroxylation sites is 2. The second-order valence-electron chi connectivity index (χ2n) is 14.4. The Kier molecular flexibility index (Phi) is 5.98. The van der Waals surface area contributed by atoms with Crippen LogP contribution in [0.1, 0.15) is 25.0 Å². The molecule has 9 aromatic rings. The topological polar surface area (TPSA) is 41.9 Å². The van der Waals surface area contributed by atoms with Gasteiger partial charge in [-0.3, -0.25) is 4.90 Å². The molecule has 0 unspecified atom stereocenters. The zero-order valence-corrected chi connectivity index (χ0v) is 28.8. The van der Waals surface area contributed by atoms with Crippen LogP contribution in [0, 0.1) is 0 Å². The summed E-state index contributed by atoms with van der Waals surface area (Å²) < 4.78 is 0. The third kappa shape index (κ3) is 4.06. The Balaban J connectivity index is 1.20. The van der Waals surface area contributed by atoms with Gasteiger partial charge >= 0.3 is 0 Å². The maximum absolute atomic E-state index is 5.47. The number of hydrogen-bond donors (Lipinski definition) is 0. The van der Waals surface area contributed by atoms with Gasteiger partial charge in [-0.25, -0.2) is 15.0 Å². The molecule has 0 fully saturated rings. The van der Waals surface area contributed by atoms with Crippen LogP contribution in [0.5, 0.6) is 0 Å². The molecule has 2 aromatic heterocycles. The van der Waals surface area contributed by atoms with E-state index in [1.807, 2.05) is 0 Å². The van der Waals surface area contributed by atoms with Gasteiger partial charge in [0.2, 0.25) is 5.95 Å². The summed E-state index contributed by atoms with van der Waals surface area (Å²) in [4.78, 5) is 18.4. The standard InChI is InChI=1S/C48H32N4/c1-48(2)38-21-8-5-16-32(38)33-26-25-30(27-39(33)48)41-28-42(34-19-11-14-29-13-3-4-15-31(29)34)51-47(50-41)52-43-23-10-7-18-37(43)46-45-36(20-12-24-44(45)52)35-17-6-9-22-40(35)49-46/h3-28H,1-2H3. The Morgan fingerprint density at radius 1 is 0.462 bits per heavy atom. The average molecular weight is 665 g/mol. The van der Waals surface area contributed by atoms with Crippen molar-refractivity contribution in [3.8, 4) is 44.9 Å². The maximum Gasteiger partial charge on any atom is 0.235 e. The van der Waals surface area contributed by atoms with E-state index in [1.165, 1.54) is 33.0 Å². The highest BCUT2D eigenvalue weighted by atomic mass is 15.3. The van der Waals surface area contributed by atoms with E-state index in [1.54, 1.807) is 0 Å². The van der Waals surface area contributed by atoms with Crippen LogP contribution in [0.15, 0.2) is 158 Å².